The van der Waals surface area contributed by atoms with Crippen LogP contribution in [0, 0.1) is 0 Å². The number of hydrogen-bond acceptors (Lipinski definition) is 4. The van der Waals surface area contributed by atoms with Crippen molar-refractivity contribution >= 4 is 31.9 Å². The fourth-order valence-electron chi connectivity index (χ4n) is 1.14. The van der Waals surface area contributed by atoms with Crippen molar-refractivity contribution in [3.63, 3.8) is 0 Å². The normalized spacial score (nSPS) is 14.2. The molecule has 7 heteroatoms. The van der Waals surface area contributed by atoms with Gasteiger partial charge in [0, 0.05) is 5.57 Å². The molecule has 0 aliphatic carbocycles. The molecule has 117 valence electrons. The van der Waals surface area contributed by atoms with Crippen molar-refractivity contribution in [1.82, 2.24) is 0 Å². The van der Waals surface area contributed by atoms with Crippen LogP contribution >= 0.6 is 0 Å². The summed E-state index contributed by atoms with van der Waals surface area (Å²) in [6.45, 7) is 19.9. The summed E-state index contributed by atoms with van der Waals surface area (Å²) in [6, 6.07) is 1.01. The molecule has 0 aromatic carbocycles. The zero-order valence-electron chi connectivity index (χ0n) is 14.1. The third-order valence-electron chi connectivity index (χ3n) is 2.60. The predicted molar refractivity (Wildman–Crippen MR) is 89.6 cm³/mol. The second kappa shape index (κ2) is 7.69. The van der Waals surface area contributed by atoms with Crippen molar-refractivity contribution in [2.45, 2.75) is 65.3 Å². The van der Waals surface area contributed by atoms with Gasteiger partial charge < -0.3 is 13.0 Å². The highest BCUT2D eigenvalue weighted by Gasteiger charge is 2.37. The first-order chi connectivity index (χ1) is 8.88. The van der Waals surface area contributed by atoms with E-state index in [-0.39, 0.29) is 11.7 Å². The van der Waals surface area contributed by atoms with Gasteiger partial charge in [0.15, 0.2) is 16.6 Å². The van der Waals surface area contributed by atoms with Crippen molar-refractivity contribution in [3.8, 4) is 0 Å². The lowest BCUT2D eigenvalue weighted by molar-refractivity contribution is -0.141. The van der Waals surface area contributed by atoms with Crippen LogP contribution in [0.15, 0.2) is 12.2 Å². The summed E-state index contributed by atoms with van der Waals surface area (Å²) < 4.78 is 17.8. The van der Waals surface area contributed by atoms with E-state index in [1.54, 1.807) is 6.92 Å². The largest absolute Gasteiger partial charge is 0.458 e. The van der Waals surface area contributed by atoms with Gasteiger partial charge in [0.25, 0.3) is 0 Å². The van der Waals surface area contributed by atoms with Crippen LogP contribution in [-0.2, 0) is 17.8 Å². The summed E-state index contributed by atoms with van der Waals surface area (Å²) in [4.78, 5) is 11.7. The topological polar surface area (TPSA) is 44.8 Å². The van der Waals surface area contributed by atoms with E-state index in [9.17, 15) is 4.79 Å². The number of rotatable bonds is 8. The monoisotopic (exact) mass is 333 g/mol. The highest BCUT2D eigenvalue weighted by Crippen LogP contribution is 2.18. The van der Waals surface area contributed by atoms with Gasteiger partial charge >= 0.3 is 15.3 Å². The molecule has 0 aromatic rings. The molecule has 0 aliphatic heterocycles. The van der Waals surface area contributed by atoms with Crippen LogP contribution < -0.4 is 0 Å². The quantitative estimate of drug-likeness (QED) is 0.387. The first kappa shape index (κ1) is 19.8. The summed E-state index contributed by atoms with van der Waals surface area (Å²) in [5, 5.41) is 0. The minimum absolute atomic E-state index is 0.339. The van der Waals surface area contributed by atoms with E-state index in [0.717, 1.165) is 6.04 Å². The van der Waals surface area contributed by atoms with Crippen LogP contribution in [0.3, 0.4) is 0 Å². The minimum Gasteiger partial charge on any atom is -0.458 e. The molecule has 1 radical (unpaired) electrons. The lowest BCUT2D eigenvalue weighted by Crippen LogP contribution is -2.51. The zero-order valence-corrected chi connectivity index (χ0v) is 17.1. The second-order valence-electron chi connectivity index (χ2n) is 6.58. The van der Waals surface area contributed by atoms with E-state index < -0.39 is 25.9 Å². The summed E-state index contributed by atoms with van der Waals surface area (Å²) in [5.74, 6) is -0.376. The van der Waals surface area contributed by atoms with E-state index in [1.807, 2.05) is 6.92 Å². The van der Waals surface area contributed by atoms with Gasteiger partial charge in [0.1, 0.15) is 5.73 Å². The van der Waals surface area contributed by atoms with Crippen LogP contribution in [0.25, 0.3) is 0 Å². The van der Waals surface area contributed by atoms with Crippen LogP contribution in [0.1, 0.15) is 20.8 Å². The van der Waals surface area contributed by atoms with E-state index >= 15 is 0 Å². The fraction of sp³-hybridized carbons (Fsp3) is 0.769. The van der Waals surface area contributed by atoms with Gasteiger partial charge in [-0.25, -0.2) is 4.79 Å². The molecule has 4 nitrogen and oxygen atoms in total. The summed E-state index contributed by atoms with van der Waals surface area (Å²) in [5.41, 5.74) is 0.0625. The smallest absolute Gasteiger partial charge is 0.407 e. The molecule has 0 spiro atoms. The van der Waals surface area contributed by atoms with Crippen molar-refractivity contribution in [1.29, 1.82) is 0 Å². The van der Waals surface area contributed by atoms with Crippen LogP contribution in [0.4, 0.5) is 0 Å². The summed E-state index contributed by atoms with van der Waals surface area (Å²) in [7, 11) is -5.14. The number of carbonyl (C=O) groups excluding carboxylic acids is 1. The summed E-state index contributed by atoms with van der Waals surface area (Å²) in [6.07, 6.45) is 0. The van der Waals surface area contributed by atoms with Gasteiger partial charge in [-0.2, -0.15) is 0 Å². The SMILES string of the molecule is C=C(C)C(=O)OC(C)[Si](O[Si](C)(C)C)O[Si](C)(C)CC. The number of ether oxygens (including phenoxy) is 1. The molecule has 0 aliphatic rings. The molecule has 0 saturated heterocycles. The molecule has 20 heavy (non-hydrogen) atoms. The molecule has 0 heterocycles. The standard InChI is InChI=1S/C13H29O4Si3/c1-10-20(8,9)17-18(16-19(5,6)7)12(4)15-13(14)11(2)3/h12H,2,10H2,1,3-9H3. The van der Waals surface area contributed by atoms with Gasteiger partial charge in [-0.15, -0.1) is 0 Å². The number of carbonyl (C=O) groups is 1. The molecule has 0 saturated carbocycles. The van der Waals surface area contributed by atoms with Gasteiger partial charge in [0.2, 0.25) is 0 Å². The maximum Gasteiger partial charge on any atom is 0.407 e. The molecule has 0 bridgehead atoms. The fourth-order valence-corrected chi connectivity index (χ4v) is 8.39. The lowest BCUT2D eigenvalue weighted by Gasteiger charge is -2.33. The Morgan fingerprint density at radius 3 is 2.05 bits per heavy atom. The molecule has 0 amide bonds. The van der Waals surface area contributed by atoms with E-state index in [1.165, 1.54) is 0 Å². The molecular weight excluding hydrogens is 304 g/mol. The van der Waals surface area contributed by atoms with E-state index in [2.05, 4.69) is 46.2 Å². The lowest BCUT2D eigenvalue weighted by atomic mass is 10.4. The third-order valence-corrected chi connectivity index (χ3v) is 11.4. The second-order valence-corrected chi connectivity index (χ2v) is 18.1. The van der Waals surface area contributed by atoms with Gasteiger partial charge in [0.05, 0.1) is 0 Å². The summed E-state index contributed by atoms with van der Waals surface area (Å²) >= 11 is 0. The molecule has 1 unspecified atom stereocenters. The Labute approximate surface area is 127 Å². The average Bonchev–Trinajstić information content (AvgIpc) is 2.25. The first-order valence-corrected chi connectivity index (χ1v) is 14.9. The van der Waals surface area contributed by atoms with Crippen LogP contribution in [0.5, 0.6) is 0 Å². The van der Waals surface area contributed by atoms with Crippen molar-refractivity contribution in [2.24, 2.45) is 0 Å². The Bertz CT molecular complexity index is 350. The Balaban J connectivity index is 4.92. The Hall–Kier alpha value is -0.219. The van der Waals surface area contributed by atoms with E-state index in [0.29, 0.717) is 5.57 Å². The van der Waals surface area contributed by atoms with Crippen LogP contribution in [-0.4, -0.2) is 37.6 Å². The zero-order chi connectivity index (χ0) is 16.1. The van der Waals surface area contributed by atoms with Gasteiger partial charge in [-0.05, 0) is 52.6 Å². The highest BCUT2D eigenvalue weighted by molar-refractivity contribution is 6.81. The maximum absolute atomic E-state index is 11.7. The minimum atomic E-state index is -1.75. The predicted octanol–water partition coefficient (Wildman–Crippen LogP) is 3.61. The molecule has 0 N–H and O–H groups in total. The molecular formula is C13H29O4Si3. The Morgan fingerprint density at radius 2 is 1.70 bits per heavy atom. The van der Waals surface area contributed by atoms with Crippen molar-refractivity contribution < 1.29 is 17.8 Å². The third kappa shape index (κ3) is 8.15. The van der Waals surface area contributed by atoms with E-state index in [4.69, 9.17) is 13.0 Å². The molecule has 0 fully saturated rings. The Morgan fingerprint density at radius 1 is 1.20 bits per heavy atom. The van der Waals surface area contributed by atoms with Crippen molar-refractivity contribution in [3.05, 3.63) is 12.2 Å². The maximum atomic E-state index is 11.7. The first-order valence-electron chi connectivity index (χ1n) is 6.99. The average molecular weight is 334 g/mol. The number of esters is 1. The van der Waals surface area contributed by atoms with Crippen LogP contribution in [0.2, 0.25) is 38.8 Å². The van der Waals surface area contributed by atoms with Gasteiger partial charge in [-0.1, -0.05) is 13.5 Å². The van der Waals surface area contributed by atoms with Crippen molar-refractivity contribution in [2.75, 3.05) is 0 Å². The van der Waals surface area contributed by atoms with Gasteiger partial charge in [-0.3, -0.25) is 0 Å². The Kier molecular flexibility index (Phi) is 7.61. The highest BCUT2D eigenvalue weighted by atomic mass is 28.4. The number of hydrogen-bond donors (Lipinski definition) is 0. The molecule has 0 rings (SSSR count). The molecule has 1 atom stereocenters. The molecule has 0 aromatic heterocycles.